The second-order valence-electron chi connectivity index (χ2n) is 2.82. The molecule has 3 heteroatoms. The lowest BCUT2D eigenvalue weighted by atomic mass is 10.1. The third-order valence-electron chi connectivity index (χ3n) is 1.87. The van der Waals surface area contributed by atoms with Gasteiger partial charge in [0.2, 0.25) is 0 Å². The highest BCUT2D eigenvalue weighted by Crippen LogP contribution is 2.23. The molecule has 0 saturated carbocycles. The van der Waals surface area contributed by atoms with Crippen molar-refractivity contribution in [1.29, 1.82) is 0 Å². The summed E-state index contributed by atoms with van der Waals surface area (Å²) in [5.74, 6) is 1.97. The van der Waals surface area contributed by atoms with Gasteiger partial charge in [-0.3, -0.25) is 0 Å². The van der Waals surface area contributed by atoms with Gasteiger partial charge in [-0.2, -0.15) is 0 Å². The van der Waals surface area contributed by atoms with Gasteiger partial charge < -0.3 is 9.84 Å². The Kier molecular flexibility index (Phi) is 3.49. The molecule has 1 N–H and O–H groups in total. The molecule has 0 aromatic heterocycles. The van der Waals surface area contributed by atoms with Crippen LogP contribution in [0.1, 0.15) is 18.1 Å². The minimum absolute atomic E-state index is 0.154. The number of methoxy groups -OCH3 is 1. The van der Waals surface area contributed by atoms with E-state index < -0.39 is 11.9 Å². The fraction of sp³-hybridized carbons (Fsp3) is 0.273. The fourth-order valence-corrected chi connectivity index (χ4v) is 1.12. The first kappa shape index (κ1) is 10.6. The van der Waals surface area contributed by atoms with E-state index >= 15 is 0 Å². The highest BCUT2D eigenvalue weighted by Gasteiger charge is 2.09. The van der Waals surface area contributed by atoms with Crippen molar-refractivity contribution in [3.63, 3.8) is 0 Å². The van der Waals surface area contributed by atoms with Crippen molar-refractivity contribution in [1.82, 2.24) is 0 Å². The van der Waals surface area contributed by atoms with Gasteiger partial charge in [-0.15, -0.1) is 12.3 Å². The van der Waals surface area contributed by atoms with E-state index in [2.05, 4.69) is 5.92 Å². The van der Waals surface area contributed by atoms with Gasteiger partial charge in [-0.1, -0.05) is 6.07 Å². The molecule has 1 unspecified atom stereocenters. The summed E-state index contributed by atoms with van der Waals surface area (Å²) in [6, 6.07) is 4.27. The van der Waals surface area contributed by atoms with Gasteiger partial charge in [0.05, 0.1) is 13.2 Å². The van der Waals surface area contributed by atoms with Crippen molar-refractivity contribution in [2.75, 3.05) is 7.11 Å². The van der Waals surface area contributed by atoms with E-state index in [4.69, 9.17) is 11.2 Å². The number of terminal acetylenes is 1. The summed E-state index contributed by atoms with van der Waals surface area (Å²) in [5.41, 5.74) is 0.459. The molecule has 0 radical (unpaired) electrons. The molecule has 74 valence electrons. The molecule has 1 atom stereocenters. The van der Waals surface area contributed by atoms with Crippen molar-refractivity contribution in [2.24, 2.45) is 0 Å². The molecule has 1 aromatic carbocycles. The molecule has 1 aromatic rings. The standard InChI is InChI=1S/C11H11FO2/c1-3-4-10(13)8-5-6-11(14-2)9(12)7-8/h1,5-7,10,13H,4H2,2H3. The number of aliphatic hydroxyl groups excluding tert-OH is 1. The van der Waals surface area contributed by atoms with Crippen LogP contribution in [0.5, 0.6) is 5.75 Å². The van der Waals surface area contributed by atoms with Crippen molar-refractivity contribution in [3.05, 3.63) is 29.6 Å². The maximum absolute atomic E-state index is 13.2. The quantitative estimate of drug-likeness (QED) is 0.744. The summed E-state index contributed by atoms with van der Waals surface area (Å²) in [6.45, 7) is 0. The summed E-state index contributed by atoms with van der Waals surface area (Å²) < 4.78 is 17.9. The van der Waals surface area contributed by atoms with E-state index in [9.17, 15) is 9.50 Å². The van der Waals surface area contributed by atoms with Crippen LogP contribution in [-0.4, -0.2) is 12.2 Å². The minimum atomic E-state index is -0.819. The molecule has 0 bridgehead atoms. The first-order valence-corrected chi connectivity index (χ1v) is 4.14. The molecule has 0 saturated heterocycles. The van der Waals surface area contributed by atoms with Crippen LogP contribution in [0, 0.1) is 18.2 Å². The first-order valence-electron chi connectivity index (χ1n) is 4.14. The number of aliphatic hydroxyl groups is 1. The maximum Gasteiger partial charge on any atom is 0.165 e. The minimum Gasteiger partial charge on any atom is -0.494 e. The van der Waals surface area contributed by atoms with Crippen LogP contribution in [0.15, 0.2) is 18.2 Å². The topological polar surface area (TPSA) is 29.5 Å². The van der Waals surface area contributed by atoms with E-state index in [1.165, 1.54) is 19.2 Å². The number of halogens is 1. The van der Waals surface area contributed by atoms with Crippen LogP contribution < -0.4 is 4.74 Å². The highest BCUT2D eigenvalue weighted by molar-refractivity contribution is 5.30. The number of ether oxygens (including phenoxy) is 1. The van der Waals surface area contributed by atoms with Gasteiger partial charge in [-0.25, -0.2) is 4.39 Å². The zero-order valence-corrected chi connectivity index (χ0v) is 7.83. The smallest absolute Gasteiger partial charge is 0.165 e. The number of hydrogen-bond acceptors (Lipinski definition) is 2. The van der Waals surface area contributed by atoms with E-state index in [0.717, 1.165) is 0 Å². The summed E-state index contributed by atoms with van der Waals surface area (Å²) in [7, 11) is 1.38. The molecule has 14 heavy (non-hydrogen) atoms. The van der Waals surface area contributed by atoms with Gasteiger partial charge in [0.15, 0.2) is 11.6 Å². The van der Waals surface area contributed by atoms with Gasteiger partial charge in [0, 0.05) is 6.42 Å². The SMILES string of the molecule is C#CCC(O)c1ccc(OC)c(F)c1. The lowest BCUT2D eigenvalue weighted by molar-refractivity contribution is 0.183. The van der Waals surface area contributed by atoms with Crippen LogP contribution in [0.25, 0.3) is 0 Å². The summed E-state index contributed by atoms with van der Waals surface area (Å²) in [4.78, 5) is 0. The second-order valence-corrected chi connectivity index (χ2v) is 2.82. The van der Waals surface area contributed by atoms with Crippen molar-refractivity contribution in [2.45, 2.75) is 12.5 Å². The Morgan fingerprint density at radius 3 is 2.86 bits per heavy atom. The zero-order valence-electron chi connectivity index (χ0n) is 7.83. The van der Waals surface area contributed by atoms with Crippen molar-refractivity contribution < 1.29 is 14.2 Å². The monoisotopic (exact) mass is 194 g/mol. The first-order chi connectivity index (χ1) is 6.69. The van der Waals surface area contributed by atoms with Crippen molar-refractivity contribution in [3.8, 4) is 18.1 Å². The van der Waals surface area contributed by atoms with Crippen LogP contribution in [0.4, 0.5) is 4.39 Å². The Hall–Kier alpha value is -1.53. The molecule has 0 fully saturated rings. The van der Waals surface area contributed by atoms with Crippen LogP contribution in [0.3, 0.4) is 0 Å². The predicted octanol–water partition coefficient (Wildman–Crippen LogP) is 1.89. The average molecular weight is 194 g/mol. The molecule has 1 rings (SSSR count). The lowest BCUT2D eigenvalue weighted by Crippen LogP contribution is -1.97. The highest BCUT2D eigenvalue weighted by atomic mass is 19.1. The molecule has 0 aliphatic heterocycles. The Balaban J connectivity index is 2.92. The fourth-order valence-electron chi connectivity index (χ4n) is 1.12. The third kappa shape index (κ3) is 2.24. The molecular weight excluding hydrogens is 183 g/mol. The molecule has 0 amide bonds. The van der Waals surface area contributed by atoms with Gasteiger partial charge in [0.1, 0.15) is 0 Å². The Labute approximate surface area is 82.3 Å². The Bertz CT molecular complexity index is 355. The van der Waals surface area contributed by atoms with E-state index in [-0.39, 0.29) is 12.2 Å². The largest absolute Gasteiger partial charge is 0.494 e. The third-order valence-corrected chi connectivity index (χ3v) is 1.87. The Morgan fingerprint density at radius 2 is 2.36 bits per heavy atom. The number of hydrogen-bond donors (Lipinski definition) is 1. The van der Waals surface area contributed by atoms with Crippen LogP contribution in [-0.2, 0) is 0 Å². The molecule has 0 aliphatic rings. The van der Waals surface area contributed by atoms with Crippen LogP contribution >= 0.6 is 0 Å². The number of benzene rings is 1. The second kappa shape index (κ2) is 4.64. The normalized spacial score (nSPS) is 11.9. The zero-order chi connectivity index (χ0) is 10.6. The van der Waals surface area contributed by atoms with Gasteiger partial charge >= 0.3 is 0 Å². The average Bonchev–Trinajstić information content (AvgIpc) is 2.18. The predicted molar refractivity (Wildman–Crippen MR) is 51.4 cm³/mol. The lowest BCUT2D eigenvalue weighted by Gasteiger charge is -2.09. The van der Waals surface area contributed by atoms with Crippen molar-refractivity contribution >= 4 is 0 Å². The molecule has 0 spiro atoms. The van der Waals surface area contributed by atoms with E-state index in [1.807, 2.05) is 0 Å². The van der Waals surface area contributed by atoms with E-state index in [1.54, 1.807) is 6.07 Å². The van der Waals surface area contributed by atoms with E-state index in [0.29, 0.717) is 5.56 Å². The Morgan fingerprint density at radius 1 is 1.64 bits per heavy atom. The van der Waals surface area contributed by atoms with Gasteiger partial charge in [-0.05, 0) is 17.7 Å². The number of rotatable bonds is 3. The summed E-state index contributed by atoms with van der Waals surface area (Å²) >= 11 is 0. The summed E-state index contributed by atoms with van der Waals surface area (Å²) in [6.07, 6.45) is 4.39. The van der Waals surface area contributed by atoms with Crippen LogP contribution in [0.2, 0.25) is 0 Å². The maximum atomic E-state index is 13.2. The van der Waals surface area contributed by atoms with Gasteiger partial charge in [0.25, 0.3) is 0 Å². The summed E-state index contributed by atoms with van der Waals surface area (Å²) in [5, 5.41) is 9.46. The molecule has 0 aliphatic carbocycles. The molecule has 0 heterocycles. The molecule has 2 nitrogen and oxygen atoms in total. The molecular formula is C11H11FO2.